The number of nitrogens with one attached hydrogen (secondary N) is 1. The van der Waals surface area contributed by atoms with Crippen LogP contribution in [0.3, 0.4) is 0 Å². The molecule has 0 bridgehead atoms. The van der Waals surface area contributed by atoms with Crippen molar-refractivity contribution in [2.75, 3.05) is 13.1 Å². The van der Waals surface area contributed by atoms with Crippen molar-refractivity contribution in [3.8, 4) is 0 Å². The Hall–Kier alpha value is -1.59. The Balaban J connectivity index is 0.00000243. The van der Waals surface area contributed by atoms with E-state index >= 15 is 0 Å². The highest BCUT2D eigenvalue weighted by atomic mass is 35.5. The molecule has 26 heavy (non-hydrogen) atoms. The van der Waals surface area contributed by atoms with Gasteiger partial charge in [0.15, 0.2) is 0 Å². The van der Waals surface area contributed by atoms with E-state index in [1.165, 1.54) is 0 Å². The number of nitrogens with zero attached hydrogens (tertiary/aromatic N) is 1. The maximum absolute atomic E-state index is 12.5. The highest BCUT2D eigenvalue weighted by Crippen LogP contribution is 2.24. The van der Waals surface area contributed by atoms with Gasteiger partial charge in [0.05, 0.1) is 0 Å². The SMILES string of the molecule is Cc1ccc(C(=O)N2CCC(NC(=O)C3CCCC(N)C3)CC2)cc1.Cl. The molecular weight excluding hydrogens is 350 g/mol. The number of likely N-dealkylation sites (tertiary alicyclic amines) is 1. The van der Waals surface area contributed by atoms with Crippen LogP contribution in [0.4, 0.5) is 0 Å². The predicted octanol–water partition coefficient (Wildman–Crippen LogP) is 2.66. The molecule has 1 saturated heterocycles. The van der Waals surface area contributed by atoms with E-state index in [0.29, 0.717) is 13.1 Å². The summed E-state index contributed by atoms with van der Waals surface area (Å²) in [4.78, 5) is 26.9. The van der Waals surface area contributed by atoms with Crippen molar-refractivity contribution in [2.45, 2.75) is 57.5 Å². The summed E-state index contributed by atoms with van der Waals surface area (Å²) in [6, 6.07) is 8.05. The van der Waals surface area contributed by atoms with Crippen molar-refractivity contribution in [3.05, 3.63) is 35.4 Å². The van der Waals surface area contributed by atoms with Crippen molar-refractivity contribution in [1.82, 2.24) is 10.2 Å². The zero-order valence-corrected chi connectivity index (χ0v) is 16.3. The van der Waals surface area contributed by atoms with E-state index in [-0.39, 0.29) is 42.2 Å². The minimum Gasteiger partial charge on any atom is -0.353 e. The molecule has 1 aliphatic heterocycles. The van der Waals surface area contributed by atoms with E-state index in [2.05, 4.69) is 5.32 Å². The zero-order valence-electron chi connectivity index (χ0n) is 15.4. The molecule has 2 fully saturated rings. The van der Waals surface area contributed by atoms with Crippen LogP contribution in [0.1, 0.15) is 54.4 Å². The molecule has 1 aromatic rings. The van der Waals surface area contributed by atoms with E-state index in [9.17, 15) is 9.59 Å². The Morgan fingerprint density at radius 3 is 2.35 bits per heavy atom. The Kier molecular flexibility index (Phi) is 7.47. The number of piperidine rings is 1. The lowest BCUT2D eigenvalue weighted by molar-refractivity contribution is -0.127. The normalized spacial score (nSPS) is 23.8. The van der Waals surface area contributed by atoms with E-state index in [4.69, 9.17) is 5.73 Å². The average Bonchev–Trinajstić information content (AvgIpc) is 2.62. The van der Waals surface area contributed by atoms with Crippen LogP contribution < -0.4 is 11.1 Å². The van der Waals surface area contributed by atoms with Crippen molar-refractivity contribution >= 4 is 24.2 Å². The summed E-state index contributed by atoms with van der Waals surface area (Å²) in [5.74, 6) is 0.303. The number of amides is 2. The lowest BCUT2D eigenvalue weighted by Crippen LogP contribution is -2.48. The molecule has 3 rings (SSSR count). The first kappa shape index (κ1) is 20.7. The molecule has 2 aliphatic rings. The van der Waals surface area contributed by atoms with E-state index in [0.717, 1.165) is 49.7 Å². The third-order valence-electron chi connectivity index (χ3n) is 5.51. The van der Waals surface area contributed by atoms with Crippen molar-refractivity contribution in [1.29, 1.82) is 0 Å². The quantitative estimate of drug-likeness (QED) is 0.847. The minimum absolute atomic E-state index is 0. The maximum Gasteiger partial charge on any atom is 0.253 e. The smallest absolute Gasteiger partial charge is 0.253 e. The number of aryl methyl sites for hydroxylation is 1. The van der Waals surface area contributed by atoms with Gasteiger partial charge in [0, 0.05) is 36.7 Å². The Morgan fingerprint density at radius 1 is 1.08 bits per heavy atom. The number of rotatable bonds is 3. The van der Waals surface area contributed by atoms with Crippen LogP contribution in [0.15, 0.2) is 24.3 Å². The second kappa shape index (κ2) is 9.38. The molecule has 1 saturated carbocycles. The van der Waals surface area contributed by atoms with Gasteiger partial charge in [-0.3, -0.25) is 9.59 Å². The molecule has 2 atom stereocenters. The number of nitrogens with two attached hydrogens (primary N) is 1. The summed E-state index contributed by atoms with van der Waals surface area (Å²) in [6.07, 6.45) is 5.47. The first-order chi connectivity index (χ1) is 12.0. The largest absolute Gasteiger partial charge is 0.353 e. The molecule has 0 radical (unpaired) electrons. The number of hydrogen-bond donors (Lipinski definition) is 2. The third kappa shape index (κ3) is 5.21. The van der Waals surface area contributed by atoms with Crippen LogP contribution in [-0.2, 0) is 4.79 Å². The number of hydrogen-bond acceptors (Lipinski definition) is 3. The summed E-state index contributed by atoms with van der Waals surface area (Å²) >= 11 is 0. The number of halogens is 1. The number of carbonyl (C=O) groups excluding carboxylic acids is 2. The van der Waals surface area contributed by atoms with Gasteiger partial charge >= 0.3 is 0 Å². The number of benzene rings is 1. The molecule has 3 N–H and O–H groups in total. The van der Waals surface area contributed by atoms with Crippen LogP contribution in [0.2, 0.25) is 0 Å². The van der Waals surface area contributed by atoms with E-state index < -0.39 is 0 Å². The highest BCUT2D eigenvalue weighted by molar-refractivity contribution is 5.94. The summed E-state index contributed by atoms with van der Waals surface area (Å²) < 4.78 is 0. The average molecular weight is 380 g/mol. The van der Waals surface area contributed by atoms with Gasteiger partial charge in [-0.25, -0.2) is 0 Å². The van der Waals surface area contributed by atoms with Crippen LogP contribution in [0, 0.1) is 12.8 Å². The lowest BCUT2D eigenvalue weighted by Gasteiger charge is -2.34. The van der Waals surface area contributed by atoms with Crippen LogP contribution in [-0.4, -0.2) is 41.9 Å². The zero-order chi connectivity index (χ0) is 17.8. The molecular formula is C20H30ClN3O2. The summed E-state index contributed by atoms with van der Waals surface area (Å²) in [7, 11) is 0. The van der Waals surface area contributed by atoms with E-state index in [1.54, 1.807) is 0 Å². The molecule has 6 heteroatoms. The fraction of sp³-hybridized carbons (Fsp3) is 0.600. The summed E-state index contributed by atoms with van der Waals surface area (Å²) in [6.45, 7) is 3.41. The molecule has 2 amide bonds. The second-order valence-electron chi connectivity index (χ2n) is 7.56. The van der Waals surface area contributed by atoms with Gasteiger partial charge in [-0.1, -0.05) is 24.1 Å². The maximum atomic E-state index is 12.5. The highest BCUT2D eigenvalue weighted by Gasteiger charge is 2.29. The molecule has 144 valence electrons. The molecule has 1 aromatic carbocycles. The van der Waals surface area contributed by atoms with Gasteiger partial charge in [0.1, 0.15) is 0 Å². The molecule has 1 aliphatic carbocycles. The first-order valence-electron chi connectivity index (χ1n) is 9.45. The topological polar surface area (TPSA) is 75.4 Å². The molecule has 2 unspecified atom stereocenters. The fourth-order valence-corrected chi connectivity index (χ4v) is 3.89. The van der Waals surface area contributed by atoms with Gasteiger partial charge in [0.25, 0.3) is 5.91 Å². The lowest BCUT2D eigenvalue weighted by atomic mass is 9.85. The standard InChI is InChI=1S/C20H29N3O2.ClH/c1-14-5-7-15(8-6-14)20(25)23-11-9-18(10-12-23)22-19(24)16-3-2-4-17(21)13-16;/h5-8,16-18H,2-4,9-13,21H2,1H3,(H,22,24);1H. The predicted molar refractivity (Wildman–Crippen MR) is 105 cm³/mol. The second-order valence-corrected chi connectivity index (χ2v) is 7.56. The molecule has 5 nitrogen and oxygen atoms in total. The van der Waals surface area contributed by atoms with Crippen molar-refractivity contribution < 1.29 is 9.59 Å². The summed E-state index contributed by atoms with van der Waals surface area (Å²) in [5.41, 5.74) is 7.88. The third-order valence-corrected chi connectivity index (χ3v) is 5.51. The van der Waals surface area contributed by atoms with Gasteiger partial charge < -0.3 is 16.0 Å². The summed E-state index contributed by atoms with van der Waals surface area (Å²) in [5, 5.41) is 3.18. The molecule has 0 spiro atoms. The number of carbonyl (C=O) groups is 2. The van der Waals surface area contributed by atoms with Gasteiger partial charge in [-0.15, -0.1) is 12.4 Å². The van der Waals surface area contributed by atoms with Crippen LogP contribution in [0.25, 0.3) is 0 Å². The molecule has 1 heterocycles. The Labute approximate surface area is 162 Å². The minimum atomic E-state index is 0. The van der Waals surface area contributed by atoms with Gasteiger partial charge in [-0.05, 0) is 51.2 Å². The first-order valence-corrected chi connectivity index (χ1v) is 9.45. The Morgan fingerprint density at radius 2 is 1.73 bits per heavy atom. The van der Waals surface area contributed by atoms with Crippen LogP contribution >= 0.6 is 12.4 Å². The monoisotopic (exact) mass is 379 g/mol. The molecule has 0 aromatic heterocycles. The Bertz CT molecular complexity index is 612. The van der Waals surface area contributed by atoms with E-state index in [1.807, 2.05) is 36.1 Å². The fourth-order valence-electron chi connectivity index (χ4n) is 3.89. The van der Waals surface area contributed by atoms with Crippen LogP contribution in [0.5, 0.6) is 0 Å². The van der Waals surface area contributed by atoms with Gasteiger partial charge in [-0.2, -0.15) is 0 Å². The van der Waals surface area contributed by atoms with Crippen molar-refractivity contribution in [3.63, 3.8) is 0 Å². The van der Waals surface area contributed by atoms with Crippen molar-refractivity contribution in [2.24, 2.45) is 11.7 Å². The van der Waals surface area contributed by atoms with Gasteiger partial charge in [0.2, 0.25) is 5.91 Å².